The van der Waals surface area contributed by atoms with Crippen molar-refractivity contribution in [3.8, 4) is 0 Å². The van der Waals surface area contributed by atoms with Crippen LogP contribution in [0.25, 0.3) is 0 Å². The quantitative estimate of drug-likeness (QED) is 0.130. The molecule has 8 atom stereocenters. The van der Waals surface area contributed by atoms with Crippen molar-refractivity contribution in [3.05, 3.63) is 131 Å². The Hall–Kier alpha value is -4.37. The van der Waals surface area contributed by atoms with E-state index in [1.54, 1.807) is 13.0 Å². The molecule has 2 N–H and O–H groups in total. The van der Waals surface area contributed by atoms with Gasteiger partial charge in [0.2, 0.25) is 0 Å². The Morgan fingerprint density at radius 1 is 0.821 bits per heavy atom. The second-order valence-electron chi connectivity index (χ2n) is 17.6. The van der Waals surface area contributed by atoms with Gasteiger partial charge in [-0.3, -0.25) is 14.4 Å². The summed E-state index contributed by atoms with van der Waals surface area (Å²) in [5, 5.41) is 26.3. The van der Waals surface area contributed by atoms with Crippen LogP contribution < -0.4 is 0 Å². The predicted octanol–water partition coefficient (Wildman–Crippen LogP) is 7.65. The number of esters is 2. The number of rotatable bonds is 9. The van der Waals surface area contributed by atoms with Gasteiger partial charge in [-0.2, -0.15) is 0 Å². The van der Waals surface area contributed by atoms with Gasteiger partial charge in [-0.15, -0.1) is 0 Å². The molecule has 0 aliphatic heterocycles. The molecule has 3 fully saturated rings. The first-order valence-corrected chi connectivity index (χ1v) is 20.3. The van der Waals surface area contributed by atoms with Crippen molar-refractivity contribution in [1.29, 1.82) is 0 Å². The molecule has 0 radical (unpaired) electrons. The number of carbonyl (C=O) groups is 3. The van der Waals surface area contributed by atoms with Gasteiger partial charge >= 0.3 is 11.9 Å². The Kier molecular flexibility index (Phi) is 9.57. The zero-order chi connectivity index (χ0) is 39.7. The summed E-state index contributed by atoms with van der Waals surface area (Å²) < 4.78 is 20.1. The molecular weight excluding hydrogens is 705 g/mol. The van der Waals surface area contributed by atoms with E-state index in [1.165, 1.54) is 6.92 Å². The van der Waals surface area contributed by atoms with E-state index < -0.39 is 69.3 Å². The maximum Gasteiger partial charge on any atom is 0.309 e. The van der Waals surface area contributed by atoms with Crippen LogP contribution >= 0.6 is 0 Å². The first kappa shape index (κ1) is 38.5. The third kappa shape index (κ3) is 5.61. The smallest absolute Gasteiger partial charge is 0.309 e. The fourth-order valence-electron chi connectivity index (χ4n) is 11.6. The minimum atomic E-state index is -2.00. The van der Waals surface area contributed by atoms with Crippen molar-refractivity contribution in [1.82, 2.24) is 0 Å². The van der Waals surface area contributed by atoms with Crippen LogP contribution in [0.5, 0.6) is 0 Å². The summed E-state index contributed by atoms with van der Waals surface area (Å²) >= 11 is 0. The van der Waals surface area contributed by atoms with Crippen molar-refractivity contribution in [3.63, 3.8) is 0 Å². The number of carbonyl (C=O) groups excluding carboxylic acids is 3. The Labute approximate surface area is 329 Å². The lowest BCUT2D eigenvalue weighted by atomic mass is 9.59. The van der Waals surface area contributed by atoms with Gasteiger partial charge in [0.1, 0.15) is 17.3 Å². The Balaban J connectivity index is 1.27. The van der Waals surface area contributed by atoms with Crippen molar-refractivity contribution >= 4 is 17.7 Å². The first-order valence-electron chi connectivity index (χ1n) is 20.3. The summed E-state index contributed by atoms with van der Waals surface area (Å²) in [6.45, 7) is 8.85. The molecule has 8 heteroatoms. The number of fused-ring (bicyclic) bond motifs is 5. The highest BCUT2D eigenvalue weighted by Crippen LogP contribution is 2.77. The average molecular weight is 759 g/mol. The first-order chi connectivity index (χ1) is 26.7. The van der Waals surface area contributed by atoms with Gasteiger partial charge in [-0.25, -0.2) is 0 Å². The number of ketones is 1. The number of Topliss-reactive ketones (excluding diaryl/α,β-unsaturated/α-hetero) is 1. The third-order valence-corrected chi connectivity index (χ3v) is 14.3. The molecule has 56 heavy (non-hydrogen) atoms. The van der Waals surface area contributed by atoms with Crippen LogP contribution in [0.15, 0.2) is 114 Å². The predicted molar refractivity (Wildman–Crippen MR) is 211 cm³/mol. The van der Waals surface area contributed by atoms with Crippen LogP contribution in [-0.4, -0.2) is 57.4 Å². The summed E-state index contributed by atoms with van der Waals surface area (Å²) in [4.78, 5) is 41.2. The minimum absolute atomic E-state index is 0.00874. The lowest BCUT2D eigenvalue weighted by Crippen LogP contribution is -2.66. The molecule has 0 bridgehead atoms. The van der Waals surface area contributed by atoms with Crippen LogP contribution in [-0.2, 0) is 34.2 Å². The number of hydrogen-bond donors (Lipinski definition) is 2. The topological polar surface area (TPSA) is 119 Å². The number of hydrogen-bond acceptors (Lipinski definition) is 8. The standard InChI is InChI=1S/C48H54O8/c1-30-26-39-45(52,41(30)50)28-33(29-54-47(35-20-12-7-13-21-35,36-22-14-8-15-23-36)37-24-16-9-17-25-37)27-38-40-44(4,5)48(40,56-32(3)49)42(31(2)46(38,39)53)55-43(51)34-18-10-6-11-19-34/h7-9,12-17,20-27,31,34,38-40,42,52-53H,6,10-11,18-19,28-29H2,1-5H3/t31-,38+,39-,40-,42-,45-,46-,48-/m1/s1. The lowest BCUT2D eigenvalue weighted by molar-refractivity contribution is -0.230. The van der Waals surface area contributed by atoms with Crippen molar-refractivity contribution in [2.45, 2.75) is 102 Å². The highest BCUT2D eigenvalue weighted by molar-refractivity contribution is 6.04. The van der Waals surface area contributed by atoms with E-state index >= 15 is 0 Å². The zero-order valence-electron chi connectivity index (χ0n) is 33.1. The highest BCUT2D eigenvalue weighted by atomic mass is 16.6. The molecule has 0 amide bonds. The van der Waals surface area contributed by atoms with E-state index in [-0.39, 0.29) is 24.9 Å². The summed E-state index contributed by atoms with van der Waals surface area (Å²) in [6.07, 6.45) is 6.99. The molecular formula is C48H54O8. The van der Waals surface area contributed by atoms with Gasteiger partial charge in [-0.1, -0.05) is 143 Å². The molecule has 5 aliphatic rings. The Bertz CT molecular complexity index is 1950. The SMILES string of the molecule is CC(=O)O[C@@]12[C@H](OC(=O)C3CCCCC3)[C@@H](C)[C@@]3(O)[C@@H](C=C(COC(c4ccccc4)(c4ccccc4)c4ccccc4)C[C@]4(O)C(=O)C(C)=C[C@@H]34)[C@@H]1C2(C)C. The molecule has 8 nitrogen and oxygen atoms in total. The lowest BCUT2D eigenvalue weighted by Gasteiger charge is -2.53. The number of aliphatic hydroxyl groups is 2. The van der Waals surface area contributed by atoms with Crippen LogP contribution in [0.1, 0.15) is 89.8 Å². The van der Waals surface area contributed by atoms with Crippen LogP contribution in [0.3, 0.4) is 0 Å². The van der Waals surface area contributed by atoms with Gasteiger partial charge in [0.25, 0.3) is 0 Å². The van der Waals surface area contributed by atoms with Crippen LogP contribution in [0.2, 0.25) is 0 Å². The molecule has 5 aliphatic carbocycles. The van der Waals surface area contributed by atoms with E-state index in [4.69, 9.17) is 14.2 Å². The highest BCUT2D eigenvalue weighted by Gasteiger charge is 2.88. The van der Waals surface area contributed by atoms with E-state index in [9.17, 15) is 24.6 Å². The molecule has 0 saturated heterocycles. The number of ether oxygens (including phenoxy) is 3. The maximum absolute atomic E-state index is 14.2. The van der Waals surface area contributed by atoms with Gasteiger partial charge in [0.05, 0.1) is 18.1 Å². The largest absolute Gasteiger partial charge is 0.457 e. The minimum Gasteiger partial charge on any atom is -0.457 e. The van der Waals surface area contributed by atoms with E-state index in [2.05, 4.69) is 0 Å². The monoisotopic (exact) mass is 758 g/mol. The molecule has 0 heterocycles. The Morgan fingerprint density at radius 3 is 1.88 bits per heavy atom. The van der Waals surface area contributed by atoms with Gasteiger partial charge in [0, 0.05) is 42.4 Å². The van der Waals surface area contributed by atoms with Gasteiger partial charge in [-0.05, 0) is 47.6 Å². The van der Waals surface area contributed by atoms with E-state index in [0.717, 1.165) is 48.8 Å². The fourth-order valence-corrected chi connectivity index (χ4v) is 11.6. The molecule has 0 unspecified atom stereocenters. The molecule has 0 aromatic heterocycles. The molecule has 3 saturated carbocycles. The normalized spacial score (nSPS) is 33.5. The van der Waals surface area contributed by atoms with Gasteiger partial charge in [0.15, 0.2) is 11.4 Å². The molecule has 294 valence electrons. The molecule has 8 rings (SSSR count). The fraction of sp³-hybridized carbons (Fsp3) is 0.479. The second kappa shape index (κ2) is 13.9. The average Bonchev–Trinajstić information content (AvgIpc) is 3.62. The third-order valence-electron chi connectivity index (χ3n) is 14.3. The molecule has 3 aromatic carbocycles. The number of benzene rings is 3. The van der Waals surface area contributed by atoms with E-state index in [0.29, 0.717) is 11.1 Å². The van der Waals surface area contributed by atoms with Crippen molar-refractivity contribution < 1.29 is 38.8 Å². The second-order valence-corrected chi connectivity index (χ2v) is 17.6. The maximum atomic E-state index is 14.2. The summed E-state index contributed by atoms with van der Waals surface area (Å²) in [5.41, 5.74) is -3.10. The summed E-state index contributed by atoms with van der Waals surface area (Å²) in [5.74, 6) is -4.65. The van der Waals surface area contributed by atoms with Crippen molar-refractivity contribution in [2.75, 3.05) is 6.61 Å². The van der Waals surface area contributed by atoms with E-state index in [1.807, 2.05) is 118 Å². The summed E-state index contributed by atoms with van der Waals surface area (Å²) in [6, 6.07) is 30.0. The van der Waals surface area contributed by atoms with Gasteiger partial charge < -0.3 is 24.4 Å². The zero-order valence-corrected chi connectivity index (χ0v) is 33.1. The molecule has 0 spiro atoms. The van der Waals surface area contributed by atoms with Crippen LogP contribution in [0, 0.1) is 35.0 Å². The van der Waals surface area contributed by atoms with Crippen molar-refractivity contribution in [2.24, 2.45) is 35.0 Å². The summed E-state index contributed by atoms with van der Waals surface area (Å²) in [7, 11) is 0. The molecule has 3 aromatic rings. The van der Waals surface area contributed by atoms with Crippen LogP contribution in [0.4, 0.5) is 0 Å². The Morgan fingerprint density at radius 2 is 1.36 bits per heavy atom.